The van der Waals surface area contributed by atoms with Crippen LogP contribution in [0.1, 0.15) is 46.5 Å². The van der Waals surface area contributed by atoms with Crippen molar-refractivity contribution in [2.24, 2.45) is 0 Å². The molecule has 4 heteroatoms. The highest BCUT2D eigenvalue weighted by Gasteiger charge is 2.21. The van der Waals surface area contributed by atoms with Crippen LogP contribution in [0.4, 0.5) is 0 Å². The minimum atomic E-state index is -0.929. The molecule has 0 aliphatic carbocycles. The number of aliphatic hydroxyl groups excluding tert-OH is 1. The van der Waals surface area contributed by atoms with Crippen LogP contribution in [-0.4, -0.2) is 40.2 Å². The number of rotatable bonds is 5. The Morgan fingerprint density at radius 1 is 0.944 bits per heavy atom. The predicted octanol–water partition coefficient (Wildman–Crippen LogP) is 4.32. The molecule has 1 N–H and O–H groups in total. The van der Waals surface area contributed by atoms with E-state index in [9.17, 15) is 0 Å². The molecule has 0 unspecified atom stereocenters. The second kappa shape index (κ2) is 15.4. The van der Waals surface area contributed by atoms with Crippen molar-refractivity contribution in [2.45, 2.75) is 79.2 Å². The van der Waals surface area contributed by atoms with E-state index in [2.05, 4.69) is 57.9 Å². The topological polar surface area (TPSA) is 23.5 Å². The lowest BCUT2D eigenvalue weighted by atomic mass is 10.2. The van der Waals surface area contributed by atoms with E-state index in [1.54, 1.807) is 6.92 Å². The predicted molar refractivity (Wildman–Crippen MR) is 92.6 cm³/mol. The number of nitrogens with zero attached hydrogens (tertiary/aromatic N) is 1. The highest BCUT2D eigenvalue weighted by Crippen LogP contribution is 2.07. The van der Waals surface area contributed by atoms with E-state index < -0.39 is 17.2 Å². The van der Waals surface area contributed by atoms with Crippen LogP contribution in [0, 0.1) is 0 Å². The number of unbranched alkanes of at least 4 members (excludes halogenated alkanes) is 3. The average Bonchev–Trinajstić information content (AvgIpc) is 2.26. The van der Waals surface area contributed by atoms with E-state index in [0.717, 1.165) is 0 Å². The van der Waals surface area contributed by atoms with E-state index in [4.69, 9.17) is 5.11 Å². The molecule has 0 heterocycles. The molecule has 0 rings (SSSR count). The van der Waals surface area contributed by atoms with Crippen LogP contribution < -0.4 is 0 Å². The highest BCUT2D eigenvalue weighted by atomic mass is 28.4. The van der Waals surface area contributed by atoms with Gasteiger partial charge in [0.25, 0.3) is 0 Å². The van der Waals surface area contributed by atoms with Gasteiger partial charge in [0.15, 0.2) is 0 Å². The van der Waals surface area contributed by atoms with Crippen molar-refractivity contribution >= 4 is 17.2 Å². The Labute approximate surface area is 120 Å². The van der Waals surface area contributed by atoms with Gasteiger partial charge in [-0.1, -0.05) is 72.3 Å². The van der Waals surface area contributed by atoms with Crippen LogP contribution in [0.25, 0.3) is 0 Å². The van der Waals surface area contributed by atoms with Crippen LogP contribution in [0.5, 0.6) is 0 Å². The van der Waals surface area contributed by atoms with Gasteiger partial charge in [-0.2, -0.15) is 0 Å². The lowest BCUT2D eigenvalue weighted by Gasteiger charge is -2.33. The lowest BCUT2D eigenvalue weighted by Crippen LogP contribution is -2.49. The third kappa shape index (κ3) is 21.6. The summed E-state index contributed by atoms with van der Waals surface area (Å²) in [5.74, 6) is 0. The fourth-order valence-corrected chi connectivity index (χ4v) is 7.47. The molecule has 0 aromatic rings. The summed E-state index contributed by atoms with van der Waals surface area (Å²) >= 11 is 0. The van der Waals surface area contributed by atoms with E-state index in [0.29, 0.717) is 0 Å². The first-order valence-corrected chi connectivity index (χ1v) is 13.8. The van der Waals surface area contributed by atoms with Crippen molar-refractivity contribution in [1.82, 2.24) is 4.23 Å². The normalized spacial score (nSPS) is 10.7. The van der Waals surface area contributed by atoms with Gasteiger partial charge in [0, 0.05) is 6.61 Å². The summed E-state index contributed by atoms with van der Waals surface area (Å²) in [4.78, 5) is 0. The molecule has 2 nitrogen and oxygen atoms in total. The Hall–Kier alpha value is 0.354. The Kier molecular flexibility index (Phi) is 20.1. The molecule has 0 aromatic heterocycles. The van der Waals surface area contributed by atoms with Crippen molar-refractivity contribution in [3.05, 3.63) is 0 Å². The van der Waals surface area contributed by atoms with Crippen molar-refractivity contribution in [3.63, 3.8) is 0 Å². The molecule has 0 amide bonds. The van der Waals surface area contributed by atoms with E-state index in [1.165, 1.54) is 25.7 Å². The zero-order valence-electron chi connectivity index (χ0n) is 14.5. The average molecular weight is 294 g/mol. The zero-order valence-corrected chi connectivity index (χ0v) is 16.7. The van der Waals surface area contributed by atoms with Crippen molar-refractivity contribution in [1.29, 1.82) is 0 Å². The van der Waals surface area contributed by atoms with Gasteiger partial charge in [-0.25, -0.2) is 0 Å². The monoisotopic (exact) mass is 293 g/mol. The maximum Gasteiger partial charge on any atom is 0.111 e. The molecule has 0 atom stereocenters. The molecule has 0 aliphatic heterocycles. The maximum atomic E-state index is 7.57. The number of hydrogen-bond acceptors (Lipinski definition) is 2. The number of aliphatic hydroxyl groups is 1. The minimum absolute atomic E-state index is 0.250. The minimum Gasteiger partial charge on any atom is -0.397 e. The van der Waals surface area contributed by atoms with Gasteiger partial charge in [0.2, 0.25) is 0 Å². The van der Waals surface area contributed by atoms with Crippen LogP contribution >= 0.6 is 0 Å². The molecular weight excluding hydrogens is 254 g/mol. The molecule has 0 spiro atoms. The van der Waals surface area contributed by atoms with Gasteiger partial charge in [-0.05, 0) is 14.0 Å². The third-order valence-corrected chi connectivity index (χ3v) is 10.3. The van der Waals surface area contributed by atoms with Crippen molar-refractivity contribution in [2.75, 3.05) is 13.7 Å². The van der Waals surface area contributed by atoms with Gasteiger partial charge >= 0.3 is 0 Å². The quantitative estimate of drug-likeness (QED) is 0.603. The van der Waals surface area contributed by atoms with Gasteiger partial charge in [0.1, 0.15) is 8.24 Å². The first-order chi connectivity index (χ1) is 8.18. The molecule has 0 saturated heterocycles. The van der Waals surface area contributed by atoms with Crippen LogP contribution in [0.15, 0.2) is 0 Å². The number of hydrogen-bond donors (Lipinski definition) is 1. The zero-order chi connectivity index (χ0) is 15.2. The van der Waals surface area contributed by atoms with E-state index in [1.807, 2.05) is 0 Å². The fraction of sp³-hybridized carbons (Fsp3) is 1.00. The van der Waals surface area contributed by atoms with Gasteiger partial charge in [-0.15, -0.1) is 0 Å². The van der Waals surface area contributed by atoms with Gasteiger partial charge in [-0.3, -0.25) is 0 Å². The maximum absolute atomic E-state index is 7.57. The Morgan fingerprint density at radius 3 is 1.28 bits per heavy atom. The summed E-state index contributed by atoms with van der Waals surface area (Å²) in [5.41, 5.74) is 0. The highest BCUT2D eigenvalue weighted by molar-refractivity contribution is 6.82. The first-order valence-electron chi connectivity index (χ1n) is 7.52. The summed E-state index contributed by atoms with van der Waals surface area (Å²) in [6.07, 6.45) is 5.54. The van der Waals surface area contributed by atoms with Crippen LogP contribution in [0.2, 0.25) is 32.7 Å². The molecule has 0 bridgehead atoms. The molecule has 0 fully saturated rings. The molecule has 0 aliphatic rings. The molecule has 0 radical (unpaired) electrons. The smallest absolute Gasteiger partial charge is 0.111 e. The standard InChI is InChI=1S/C6H19NSi2.C6H14.C2H6O/c1-7(8(2)3)9(4,5)6;1-3-5-6-4-2;1-2-3/h8H,1-6H3;3-6H2,1-2H3;3H,2H2,1H3. The summed E-state index contributed by atoms with van der Waals surface area (Å²) in [6, 6.07) is 0. The lowest BCUT2D eigenvalue weighted by molar-refractivity contribution is 0.318. The summed E-state index contributed by atoms with van der Waals surface area (Å²) < 4.78 is 2.63. The molecule has 18 heavy (non-hydrogen) atoms. The second-order valence-electron chi connectivity index (χ2n) is 5.90. The fourth-order valence-electron chi connectivity index (χ4n) is 1.27. The SMILES string of the molecule is CCCCCC.CCO.CN([SiH](C)C)[Si](C)(C)C. The molecule has 0 saturated carbocycles. The van der Waals surface area contributed by atoms with Crippen molar-refractivity contribution < 1.29 is 5.11 Å². The van der Waals surface area contributed by atoms with Crippen molar-refractivity contribution in [3.8, 4) is 0 Å². The second-order valence-corrected chi connectivity index (χ2v) is 14.4. The largest absolute Gasteiger partial charge is 0.397 e. The summed E-state index contributed by atoms with van der Waals surface area (Å²) in [6.45, 7) is 18.4. The van der Waals surface area contributed by atoms with Crippen LogP contribution in [0.3, 0.4) is 0 Å². The Bertz CT molecular complexity index is 143. The van der Waals surface area contributed by atoms with E-state index >= 15 is 0 Å². The third-order valence-electron chi connectivity index (χ3n) is 2.79. The van der Waals surface area contributed by atoms with Gasteiger partial charge < -0.3 is 9.34 Å². The van der Waals surface area contributed by atoms with Crippen LogP contribution in [-0.2, 0) is 0 Å². The molecule has 0 aromatic carbocycles. The molecular formula is C14H39NOSi2. The summed E-state index contributed by atoms with van der Waals surface area (Å²) in [7, 11) is 0.858. The Morgan fingerprint density at radius 2 is 1.22 bits per heavy atom. The summed E-state index contributed by atoms with van der Waals surface area (Å²) in [5, 5.41) is 7.57. The molecule has 114 valence electrons. The van der Waals surface area contributed by atoms with Gasteiger partial charge in [0.05, 0.1) is 8.96 Å². The first kappa shape index (κ1) is 23.4. The Balaban J connectivity index is -0.000000216. The van der Waals surface area contributed by atoms with E-state index in [-0.39, 0.29) is 6.61 Å².